The Morgan fingerprint density at radius 1 is 1.05 bits per heavy atom. The number of carbonyl (C=O) groups excluding carboxylic acids is 1. The summed E-state index contributed by atoms with van der Waals surface area (Å²) in [6, 6.07) is 14.3. The van der Waals surface area contributed by atoms with Gasteiger partial charge in [-0.1, -0.05) is 30.3 Å². The van der Waals surface area contributed by atoms with Crippen LogP contribution in [0.2, 0.25) is 0 Å². The number of nitrogens with zero attached hydrogens (tertiary/aromatic N) is 2. The number of hydrogen-bond donors (Lipinski definition) is 0. The molecule has 2 saturated heterocycles. The lowest BCUT2D eigenvalue weighted by molar-refractivity contribution is -0.0408. The Labute approximate surface area is 131 Å². The second kappa shape index (κ2) is 5.10. The summed E-state index contributed by atoms with van der Waals surface area (Å²) in [6.07, 6.45) is 3.57. The fraction of sp³-hybridized carbons (Fsp3) is 0.421. The van der Waals surface area contributed by atoms with E-state index < -0.39 is 0 Å². The van der Waals surface area contributed by atoms with Gasteiger partial charge in [0.15, 0.2) is 0 Å². The van der Waals surface area contributed by atoms with Crippen LogP contribution >= 0.6 is 0 Å². The van der Waals surface area contributed by atoms with Crippen molar-refractivity contribution in [2.75, 3.05) is 26.7 Å². The van der Waals surface area contributed by atoms with Gasteiger partial charge in [0.1, 0.15) is 0 Å². The fourth-order valence-corrected chi connectivity index (χ4v) is 3.96. The van der Waals surface area contributed by atoms with E-state index in [4.69, 9.17) is 0 Å². The van der Waals surface area contributed by atoms with Crippen molar-refractivity contribution in [3.63, 3.8) is 0 Å². The number of fused-ring (bicyclic) bond motifs is 1. The van der Waals surface area contributed by atoms with Crippen LogP contribution in [0, 0.1) is 0 Å². The van der Waals surface area contributed by atoms with Crippen molar-refractivity contribution in [2.45, 2.75) is 24.8 Å². The Morgan fingerprint density at radius 2 is 1.86 bits per heavy atom. The number of amides is 1. The van der Waals surface area contributed by atoms with E-state index >= 15 is 0 Å². The van der Waals surface area contributed by atoms with Gasteiger partial charge in [-0.3, -0.25) is 9.69 Å². The van der Waals surface area contributed by atoms with Crippen LogP contribution < -0.4 is 0 Å². The molecule has 0 radical (unpaired) electrons. The topological polar surface area (TPSA) is 23.6 Å². The Morgan fingerprint density at radius 3 is 2.59 bits per heavy atom. The molecule has 0 bridgehead atoms. The zero-order chi connectivity index (χ0) is 15.2. The normalized spacial score (nSPS) is 25.4. The van der Waals surface area contributed by atoms with Gasteiger partial charge in [-0.05, 0) is 49.2 Å². The number of benzene rings is 2. The van der Waals surface area contributed by atoms with E-state index in [9.17, 15) is 4.79 Å². The van der Waals surface area contributed by atoms with Gasteiger partial charge < -0.3 is 4.90 Å². The predicted molar refractivity (Wildman–Crippen MR) is 89.1 cm³/mol. The number of rotatable bonds is 1. The summed E-state index contributed by atoms with van der Waals surface area (Å²) in [5.41, 5.74) is 1.07. The first-order valence-electron chi connectivity index (χ1n) is 8.17. The zero-order valence-corrected chi connectivity index (χ0v) is 13.1. The summed E-state index contributed by atoms with van der Waals surface area (Å²) in [7, 11) is 2.19. The first-order chi connectivity index (χ1) is 10.7. The third-order valence-corrected chi connectivity index (χ3v) is 5.56. The van der Waals surface area contributed by atoms with Gasteiger partial charge >= 0.3 is 0 Å². The molecule has 0 saturated carbocycles. The minimum Gasteiger partial charge on any atom is -0.337 e. The van der Waals surface area contributed by atoms with Crippen LogP contribution in [-0.2, 0) is 0 Å². The minimum absolute atomic E-state index is 0.185. The maximum absolute atomic E-state index is 12.9. The zero-order valence-electron chi connectivity index (χ0n) is 13.1. The molecule has 3 nitrogen and oxygen atoms in total. The molecule has 3 heteroatoms. The molecule has 114 valence electrons. The van der Waals surface area contributed by atoms with E-state index in [1.807, 2.05) is 24.3 Å². The highest BCUT2D eigenvalue weighted by molar-refractivity contribution is 5.98. The summed E-state index contributed by atoms with van der Waals surface area (Å²) in [6.45, 7) is 2.94. The molecule has 2 aromatic carbocycles. The lowest BCUT2D eigenvalue weighted by Crippen LogP contribution is -2.66. The van der Waals surface area contributed by atoms with Crippen molar-refractivity contribution in [3.8, 4) is 0 Å². The molecular weight excluding hydrogens is 272 g/mol. The summed E-state index contributed by atoms with van der Waals surface area (Å²) < 4.78 is 0. The van der Waals surface area contributed by atoms with Gasteiger partial charge in [-0.25, -0.2) is 0 Å². The van der Waals surface area contributed by atoms with Gasteiger partial charge in [0.25, 0.3) is 5.91 Å². The molecule has 2 aromatic rings. The highest BCUT2D eigenvalue weighted by Gasteiger charge is 2.45. The van der Waals surface area contributed by atoms with E-state index in [0.717, 1.165) is 37.0 Å². The summed E-state index contributed by atoms with van der Waals surface area (Å²) >= 11 is 0. The maximum atomic E-state index is 12.9. The minimum atomic E-state index is 0.185. The Bertz CT molecular complexity index is 726. The molecular formula is C19H22N2O. The monoisotopic (exact) mass is 294 g/mol. The molecule has 2 aliphatic rings. The van der Waals surface area contributed by atoms with Gasteiger partial charge in [0, 0.05) is 30.7 Å². The van der Waals surface area contributed by atoms with E-state index in [0.29, 0.717) is 0 Å². The van der Waals surface area contributed by atoms with Crippen LogP contribution in [0.15, 0.2) is 42.5 Å². The molecule has 0 N–H and O–H groups in total. The number of hydrogen-bond acceptors (Lipinski definition) is 2. The smallest absolute Gasteiger partial charge is 0.253 e. The molecule has 0 unspecified atom stereocenters. The summed E-state index contributed by atoms with van der Waals surface area (Å²) in [5, 5.41) is 2.33. The standard InChI is InChI=1S/C19H22N2O/c1-20-12-10-19(20)9-4-11-21(14-19)18(22)17-8-7-15-5-2-3-6-16(15)13-17/h2-3,5-8,13H,4,9-12,14H2,1H3/t19-/m0/s1. The Hall–Kier alpha value is -1.87. The van der Waals surface area contributed by atoms with Gasteiger partial charge in [0.05, 0.1) is 0 Å². The van der Waals surface area contributed by atoms with Gasteiger partial charge in [-0.15, -0.1) is 0 Å². The Balaban J connectivity index is 1.59. The number of piperidine rings is 1. The van der Waals surface area contributed by atoms with Crippen LogP contribution in [0.5, 0.6) is 0 Å². The highest BCUT2D eigenvalue weighted by atomic mass is 16.2. The second-order valence-corrected chi connectivity index (χ2v) is 6.79. The molecule has 2 heterocycles. The third kappa shape index (κ3) is 2.12. The molecule has 22 heavy (non-hydrogen) atoms. The average Bonchev–Trinajstić information content (AvgIpc) is 2.59. The molecule has 0 aliphatic carbocycles. The quantitative estimate of drug-likeness (QED) is 0.806. The van der Waals surface area contributed by atoms with Crippen molar-refractivity contribution in [3.05, 3.63) is 48.0 Å². The predicted octanol–water partition coefficient (Wildman–Crippen LogP) is 3.15. The Kier molecular flexibility index (Phi) is 3.19. The van der Waals surface area contributed by atoms with Gasteiger partial charge in [0.2, 0.25) is 0 Å². The van der Waals surface area contributed by atoms with Crippen LogP contribution in [0.3, 0.4) is 0 Å². The molecule has 0 aromatic heterocycles. The van der Waals surface area contributed by atoms with Crippen molar-refractivity contribution < 1.29 is 4.79 Å². The van der Waals surface area contributed by atoms with Crippen molar-refractivity contribution in [2.24, 2.45) is 0 Å². The van der Waals surface area contributed by atoms with Crippen LogP contribution in [0.1, 0.15) is 29.6 Å². The molecule has 1 amide bonds. The van der Waals surface area contributed by atoms with E-state index in [1.165, 1.54) is 18.2 Å². The van der Waals surface area contributed by atoms with Crippen molar-refractivity contribution in [1.82, 2.24) is 9.80 Å². The molecule has 4 rings (SSSR count). The SMILES string of the molecule is CN1CC[C@]12CCCN(C(=O)c1ccc3ccccc3c1)C2. The first-order valence-corrected chi connectivity index (χ1v) is 8.17. The summed E-state index contributed by atoms with van der Waals surface area (Å²) in [5.74, 6) is 0.185. The van der Waals surface area contributed by atoms with E-state index in [1.54, 1.807) is 0 Å². The summed E-state index contributed by atoms with van der Waals surface area (Å²) in [4.78, 5) is 17.4. The van der Waals surface area contributed by atoms with Crippen LogP contribution in [0.25, 0.3) is 10.8 Å². The second-order valence-electron chi connectivity index (χ2n) is 6.79. The highest BCUT2D eigenvalue weighted by Crippen LogP contribution is 2.37. The van der Waals surface area contributed by atoms with E-state index in [-0.39, 0.29) is 11.4 Å². The number of carbonyl (C=O) groups is 1. The van der Waals surface area contributed by atoms with Crippen molar-refractivity contribution in [1.29, 1.82) is 0 Å². The van der Waals surface area contributed by atoms with Crippen LogP contribution in [-0.4, -0.2) is 47.9 Å². The van der Waals surface area contributed by atoms with Crippen molar-refractivity contribution >= 4 is 16.7 Å². The molecule has 2 fully saturated rings. The largest absolute Gasteiger partial charge is 0.337 e. The fourth-order valence-electron chi connectivity index (χ4n) is 3.96. The average molecular weight is 294 g/mol. The lowest BCUT2D eigenvalue weighted by Gasteiger charge is -2.55. The van der Waals surface area contributed by atoms with Crippen LogP contribution in [0.4, 0.5) is 0 Å². The molecule has 2 aliphatic heterocycles. The number of likely N-dealkylation sites (tertiary alicyclic amines) is 2. The molecule has 1 atom stereocenters. The maximum Gasteiger partial charge on any atom is 0.253 e. The molecule has 1 spiro atoms. The lowest BCUT2D eigenvalue weighted by atomic mass is 9.78. The number of likely N-dealkylation sites (N-methyl/N-ethyl adjacent to an activating group) is 1. The van der Waals surface area contributed by atoms with Gasteiger partial charge in [-0.2, -0.15) is 0 Å². The third-order valence-electron chi connectivity index (χ3n) is 5.56. The first kappa shape index (κ1) is 13.8. The van der Waals surface area contributed by atoms with E-state index in [2.05, 4.69) is 35.0 Å².